The standard InChI is InChI=1S/C26H30N6O/c1-17-20(13-27)6-5-7-22(17)18(2)28-25-24-12-21(8-9-23(24)19(3)29-30-25)32-14-26(15-32)16-33-11-10-31(26)4/h5-9,12,18H,10-11,14-16H2,1-4H3,(H,28,30). The number of hydrogen-bond acceptors (Lipinski definition) is 7. The Kier molecular flexibility index (Phi) is 5.43. The summed E-state index contributed by atoms with van der Waals surface area (Å²) in [5.74, 6) is 0.764. The van der Waals surface area contributed by atoms with E-state index in [0.717, 1.165) is 66.3 Å². The highest BCUT2D eigenvalue weighted by molar-refractivity contribution is 5.95. The van der Waals surface area contributed by atoms with E-state index in [1.165, 1.54) is 5.69 Å². The molecular formula is C26H30N6O. The molecule has 2 saturated heterocycles. The molecule has 0 bridgehead atoms. The first-order chi connectivity index (χ1) is 15.9. The lowest BCUT2D eigenvalue weighted by atomic mass is 9.87. The van der Waals surface area contributed by atoms with E-state index in [1.807, 2.05) is 26.0 Å². The molecule has 1 unspecified atom stereocenters. The highest BCUT2D eigenvalue weighted by Gasteiger charge is 2.48. The van der Waals surface area contributed by atoms with E-state index in [0.29, 0.717) is 5.56 Å². The minimum absolute atomic E-state index is 0.0116. The second kappa shape index (κ2) is 8.29. The molecule has 2 aromatic carbocycles. The number of anilines is 2. The minimum Gasteiger partial charge on any atom is -0.378 e. The molecule has 2 aliphatic rings. The molecule has 0 radical (unpaired) electrons. The van der Waals surface area contributed by atoms with E-state index < -0.39 is 0 Å². The molecule has 3 heterocycles. The number of likely N-dealkylation sites (N-methyl/N-ethyl adjacent to an activating group) is 1. The van der Waals surface area contributed by atoms with Crippen molar-refractivity contribution < 1.29 is 4.74 Å². The molecule has 0 saturated carbocycles. The Morgan fingerprint density at radius 1 is 1.15 bits per heavy atom. The molecule has 1 atom stereocenters. The number of aromatic nitrogens is 2. The van der Waals surface area contributed by atoms with Crippen LogP contribution in [0.3, 0.4) is 0 Å². The average Bonchev–Trinajstić information content (AvgIpc) is 2.80. The molecule has 1 N–H and O–H groups in total. The summed E-state index contributed by atoms with van der Waals surface area (Å²) >= 11 is 0. The number of morpholine rings is 1. The number of nitriles is 1. The molecule has 5 rings (SSSR count). The zero-order valence-electron chi connectivity index (χ0n) is 19.7. The normalized spacial score (nSPS) is 18.7. The first kappa shape index (κ1) is 21.6. The van der Waals surface area contributed by atoms with Crippen molar-refractivity contribution >= 4 is 22.3 Å². The van der Waals surface area contributed by atoms with E-state index in [1.54, 1.807) is 0 Å². The van der Waals surface area contributed by atoms with Gasteiger partial charge < -0.3 is 15.0 Å². The van der Waals surface area contributed by atoms with Crippen LogP contribution in [0, 0.1) is 25.2 Å². The van der Waals surface area contributed by atoms with Crippen LogP contribution in [-0.4, -0.2) is 60.5 Å². The van der Waals surface area contributed by atoms with Crippen molar-refractivity contribution in [1.82, 2.24) is 15.1 Å². The summed E-state index contributed by atoms with van der Waals surface area (Å²) in [5.41, 5.74) is 5.02. The highest BCUT2D eigenvalue weighted by Crippen LogP contribution is 2.37. The van der Waals surface area contributed by atoms with Gasteiger partial charge >= 0.3 is 0 Å². The van der Waals surface area contributed by atoms with Crippen molar-refractivity contribution in [3.63, 3.8) is 0 Å². The Balaban J connectivity index is 1.44. The number of hydrogen-bond donors (Lipinski definition) is 1. The highest BCUT2D eigenvalue weighted by atomic mass is 16.5. The van der Waals surface area contributed by atoms with Gasteiger partial charge in [-0.25, -0.2) is 0 Å². The molecule has 0 aliphatic carbocycles. The van der Waals surface area contributed by atoms with Crippen LogP contribution in [0.15, 0.2) is 36.4 Å². The quantitative estimate of drug-likeness (QED) is 0.658. The van der Waals surface area contributed by atoms with Gasteiger partial charge in [0.1, 0.15) is 0 Å². The summed E-state index contributed by atoms with van der Waals surface area (Å²) in [5, 5.41) is 24.0. The number of rotatable bonds is 4. The average molecular weight is 443 g/mol. The lowest BCUT2D eigenvalue weighted by Gasteiger charge is -2.57. The molecule has 33 heavy (non-hydrogen) atoms. The third-order valence-electron chi connectivity index (χ3n) is 7.35. The predicted octanol–water partition coefficient (Wildman–Crippen LogP) is 3.81. The smallest absolute Gasteiger partial charge is 0.157 e. The monoisotopic (exact) mass is 442 g/mol. The molecule has 1 aromatic heterocycles. The zero-order valence-corrected chi connectivity index (χ0v) is 19.7. The molecule has 7 heteroatoms. The number of benzene rings is 2. The van der Waals surface area contributed by atoms with E-state index in [2.05, 4.69) is 69.6 Å². The molecule has 1 spiro atoms. The Labute approximate surface area is 195 Å². The van der Waals surface area contributed by atoms with Crippen molar-refractivity contribution in [2.24, 2.45) is 0 Å². The van der Waals surface area contributed by atoms with Crippen LogP contribution in [0.25, 0.3) is 10.8 Å². The summed E-state index contributed by atoms with van der Waals surface area (Å²) in [4.78, 5) is 4.85. The van der Waals surface area contributed by atoms with Crippen LogP contribution in [0.4, 0.5) is 11.5 Å². The van der Waals surface area contributed by atoms with Gasteiger partial charge in [0.25, 0.3) is 0 Å². The molecule has 170 valence electrons. The number of ether oxygens (including phenoxy) is 1. The summed E-state index contributed by atoms with van der Waals surface area (Å²) < 4.78 is 5.78. The van der Waals surface area contributed by atoms with Crippen molar-refractivity contribution in [2.75, 3.05) is 50.1 Å². The fourth-order valence-corrected chi connectivity index (χ4v) is 5.10. The maximum atomic E-state index is 9.40. The maximum Gasteiger partial charge on any atom is 0.157 e. The van der Waals surface area contributed by atoms with Crippen LogP contribution >= 0.6 is 0 Å². The Bertz CT molecular complexity index is 1240. The summed E-state index contributed by atoms with van der Waals surface area (Å²) in [6, 6.07) is 14.7. The first-order valence-electron chi connectivity index (χ1n) is 11.5. The topological polar surface area (TPSA) is 77.3 Å². The summed E-state index contributed by atoms with van der Waals surface area (Å²) in [7, 11) is 2.20. The third kappa shape index (κ3) is 3.69. The molecule has 7 nitrogen and oxygen atoms in total. The lowest BCUT2D eigenvalue weighted by Crippen LogP contribution is -2.73. The van der Waals surface area contributed by atoms with E-state index in [-0.39, 0.29) is 11.6 Å². The Hall–Kier alpha value is -3.21. The Morgan fingerprint density at radius 3 is 2.73 bits per heavy atom. The van der Waals surface area contributed by atoms with Gasteiger partial charge in [-0.3, -0.25) is 4.90 Å². The van der Waals surface area contributed by atoms with Gasteiger partial charge in [0.05, 0.1) is 42.1 Å². The van der Waals surface area contributed by atoms with Gasteiger partial charge in [0, 0.05) is 36.1 Å². The van der Waals surface area contributed by atoms with Crippen molar-refractivity contribution in [2.45, 2.75) is 32.4 Å². The summed E-state index contributed by atoms with van der Waals surface area (Å²) in [6.45, 7) is 10.6. The van der Waals surface area contributed by atoms with Gasteiger partial charge in [0.2, 0.25) is 0 Å². The summed E-state index contributed by atoms with van der Waals surface area (Å²) in [6.07, 6.45) is 0. The first-order valence-corrected chi connectivity index (χ1v) is 11.5. The van der Waals surface area contributed by atoms with Gasteiger partial charge in [0.15, 0.2) is 5.82 Å². The van der Waals surface area contributed by atoms with Crippen molar-refractivity contribution in [1.29, 1.82) is 5.26 Å². The molecule has 0 amide bonds. The van der Waals surface area contributed by atoms with Crippen LogP contribution in [-0.2, 0) is 4.74 Å². The second-order valence-electron chi connectivity index (χ2n) is 9.42. The van der Waals surface area contributed by atoms with Crippen LogP contribution in [0.2, 0.25) is 0 Å². The number of nitrogens with one attached hydrogen (secondary N) is 1. The fourth-order valence-electron chi connectivity index (χ4n) is 5.10. The van der Waals surface area contributed by atoms with Crippen LogP contribution < -0.4 is 10.2 Å². The second-order valence-corrected chi connectivity index (χ2v) is 9.42. The SMILES string of the molecule is Cc1c(C#N)cccc1C(C)Nc1nnc(C)c2ccc(N3CC4(COCCN4C)C3)cc12. The van der Waals surface area contributed by atoms with Crippen LogP contribution in [0.1, 0.15) is 35.3 Å². The molecular weight excluding hydrogens is 412 g/mol. The maximum absolute atomic E-state index is 9.40. The van der Waals surface area contributed by atoms with E-state index >= 15 is 0 Å². The largest absolute Gasteiger partial charge is 0.378 e. The van der Waals surface area contributed by atoms with Gasteiger partial charge in [-0.2, -0.15) is 10.4 Å². The van der Waals surface area contributed by atoms with E-state index in [9.17, 15) is 5.26 Å². The molecule has 3 aromatic rings. The fraction of sp³-hybridized carbons (Fsp3) is 0.423. The Morgan fingerprint density at radius 2 is 1.97 bits per heavy atom. The van der Waals surface area contributed by atoms with Crippen molar-refractivity contribution in [3.05, 3.63) is 58.8 Å². The number of nitrogens with zero attached hydrogens (tertiary/aromatic N) is 5. The van der Waals surface area contributed by atoms with E-state index in [4.69, 9.17) is 4.74 Å². The van der Waals surface area contributed by atoms with Crippen LogP contribution in [0.5, 0.6) is 0 Å². The lowest BCUT2D eigenvalue weighted by molar-refractivity contribution is -0.0690. The predicted molar refractivity (Wildman–Crippen MR) is 131 cm³/mol. The zero-order chi connectivity index (χ0) is 23.2. The number of aryl methyl sites for hydroxylation is 1. The molecule has 2 aliphatic heterocycles. The van der Waals surface area contributed by atoms with Gasteiger partial charge in [-0.15, -0.1) is 5.10 Å². The minimum atomic E-state index is -0.0116. The van der Waals surface area contributed by atoms with Gasteiger partial charge in [-0.05, 0) is 57.1 Å². The van der Waals surface area contributed by atoms with Crippen molar-refractivity contribution in [3.8, 4) is 6.07 Å². The number of fused-ring (bicyclic) bond motifs is 1. The van der Waals surface area contributed by atoms with Gasteiger partial charge in [-0.1, -0.05) is 18.2 Å². The third-order valence-corrected chi connectivity index (χ3v) is 7.35. The molecule has 2 fully saturated rings.